The van der Waals surface area contributed by atoms with Crippen LogP contribution >= 0.6 is 0 Å². The number of fused-ring (bicyclic) bond motifs is 8. The number of furan rings is 1. The standard InChI is InChI=1S/C39H27N3O/c1-39(2)29-16-8-10-18-31(29)42(32-19-11-9-17-30(32)39)38-40-36(24-12-4-3-5-13-24)27-20-21-33-35(37(27)41-38)28-22-25-14-6-7-15-26(25)23-34(28)43-33/h3-23H,1-2H3. The van der Waals surface area contributed by atoms with Gasteiger partial charge in [0.2, 0.25) is 5.95 Å². The normalized spacial score (nSPS) is 14.0. The van der Waals surface area contributed by atoms with E-state index in [4.69, 9.17) is 14.4 Å². The van der Waals surface area contributed by atoms with Crippen LogP contribution in [0.1, 0.15) is 25.0 Å². The summed E-state index contributed by atoms with van der Waals surface area (Å²) < 4.78 is 6.47. The zero-order valence-corrected chi connectivity index (χ0v) is 23.9. The molecule has 0 amide bonds. The lowest BCUT2D eigenvalue weighted by molar-refractivity contribution is 0.631. The third kappa shape index (κ3) is 3.44. The molecule has 0 fully saturated rings. The first-order valence-electron chi connectivity index (χ1n) is 14.7. The van der Waals surface area contributed by atoms with Gasteiger partial charge in [-0.25, -0.2) is 9.97 Å². The minimum Gasteiger partial charge on any atom is -0.456 e. The van der Waals surface area contributed by atoms with Gasteiger partial charge in [-0.05, 0) is 58.3 Å². The highest BCUT2D eigenvalue weighted by atomic mass is 16.3. The molecule has 8 aromatic rings. The lowest BCUT2D eigenvalue weighted by Crippen LogP contribution is -2.31. The second-order valence-corrected chi connectivity index (χ2v) is 11.9. The third-order valence-corrected chi connectivity index (χ3v) is 9.04. The van der Waals surface area contributed by atoms with Gasteiger partial charge < -0.3 is 4.42 Å². The van der Waals surface area contributed by atoms with Crippen molar-refractivity contribution in [2.75, 3.05) is 4.90 Å². The fourth-order valence-electron chi connectivity index (χ4n) is 6.93. The van der Waals surface area contributed by atoms with Gasteiger partial charge in [-0.2, -0.15) is 0 Å². The summed E-state index contributed by atoms with van der Waals surface area (Å²) in [5.41, 5.74) is 9.03. The quantitative estimate of drug-likeness (QED) is 0.214. The second-order valence-electron chi connectivity index (χ2n) is 11.9. The van der Waals surface area contributed by atoms with Gasteiger partial charge in [0.05, 0.1) is 28.0 Å². The van der Waals surface area contributed by atoms with Crippen LogP contribution in [0.15, 0.2) is 132 Å². The predicted octanol–water partition coefficient (Wildman–Crippen LogP) is 10.5. The molecular formula is C39H27N3O. The fourth-order valence-corrected chi connectivity index (χ4v) is 6.93. The van der Waals surface area contributed by atoms with Crippen LogP contribution in [0.3, 0.4) is 0 Å². The summed E-state index contributed by atoms with van der Waals surface area (Å²) >= 11 is 0. The van der Waals surface area contributed by atoms with E-state index >= 15 is 0 Å². The van der Waals surface area contributed by atoms with Gasteiger partial charge in [-0.1, -0.05) is 105 Å². The first kappa shape index (κ1) is 24.2. The number of benzene rings is 6. The van der Waals surface area contributed by atoms with Crippen LogP contribution in [0.4, 0.5) is 17.3 Å². The predicted molar refractivity (Wildman–Crippen MR) is 177 cm³/mol. The number of anilines is 3. The van der Waals surface area contributed by atoms with E-state index in [1.165, 1.54) is 16.5 Å². The van der Waals surface area contributed by atoms with E-state index in [-0.39, 0.29) is 5.41 Å². The van der Waals surface area contributed by atoms with Gasteiger partial charge in [0.1, 0.15) is 11.2 Å². The first-order chi connectivity index (χ1) is 21.1. The minimum absolute atomic E-state index is 0.169. The number of hydrogen-bond donors (Lipinski definition) is 0. The molecule has 1 aliphatic heterocycles. The van der Waals surface area contributed by atoms with Crippen LogP contribution in [0, 0.1) is 0 Å². The van der Waals surface area contributed by atoms with E-state index in [1.54, 1.807) is 0 Å². The zero-order valence-electron chi connectivity index (χ0n) is 23.9. The Balaban J connectivity index is 1.42. The van der Waals surface area contributed by atoms with E-state index in [9.17, 15) is 0 Å². The molecule has 0 aliphatic carbocycles. The highest BCUT2D eigenvalue weighted by molar-refractivity contribution is 6.21. The highest BCUT2D eigenvalue weighted by Crippen LogP contribution is 2.51. The van der Waals surface area contributed by atoms with Crippen molar-refractivity contribution in [3.05, 3.63) is 139 Å². The molecule has 4 nitrogen and oxygen atoms in total. The fraction of sp³-hybridized carbons (Fsp3) is 0.0769. The van der Waals surface area contributed by atoms with Gasteiger partial charge in [0.25, 0.3) is 0 Å². The molecule has 2 aromatic heterocycles. The van der Waals surface area contributed by atoms with E-state index in [2.05, 4.69) is 140 Å². The van der Waals surface area contributed by atoms with Crippen molar-refractivity contribution in [2.45, 2.75) is 19.3 Å². The molecule has 0 radical (unpaired) electrons. The third-order valence-electron chi connectivity index (χ3n) is 9.04. The summed E-state index contributed by atoms with van der Waals surface area (Å²) in [5, 5.41) is 5.40. The van der Waals surface area contributed by atoms with Crippen molar-refractivity contribution in [1.82, 2.24) is 9.97 Å². The smallest absolute Gasteiger partial charge is 0.235 e. The number of aromatic nitrogens is 2. The van der Waals surface area contributed by atoms with Gasteiger partial charge in [0.15, 0.2) is 0 Å². The van der Waals surface area contributed by atoms with Gasteiger partial charge >= 0.3 is 0 Å². The maximum Gasteiger partial charge on any atom is 0.235 e. The summed E-state index contributed by atoms with van der Waals surface area (Å²) in [5.74, 6) is 0.643. The summed E-state index contributed by atoms with van der Waals surface area (Å²) in [4.78, 5) is 13.0. The lowest BCUT2D eigenvalue weighted by Gasteiger charge is -2.41. The average molecular weight is 554 g/mol. The Morgan fingerprint density at radius 2 is 1.21 bits per heavy atom. The van der Waals surface area contributed by atoms with E-state index in [1.807, 2.05) is 6.07 Å². The molecule has 0 bridgehead atoms. The van der Waals surface area contributed by atoms with E-state index in [0.717, 1.165) is 60.9 Å². The SMILES string of the molecule is CC1(C)c2ccccc2N(c2nc(-c3ccccc3)c3ccc4oc5cc6ccccc6cc5c4c3n2)c2ccccc21. The van der Waals surface area contributed by atoms with Gasteiger partial charge in [0, 0.05) is 21.8 Å². The molecule has 0 saturated carbocycles. The zero-order chi connectivity index (χ0) is 28.7. The first-order valence-corrected chi connectivity index (χ1v) is 14.7. The van der Waals surface area contributed by atoms with Gasteiger partial charge in [-0.15, -0.1) is 0 Å². The number of para-hydroxylation sites is 2. The molecule has 0 unspecified atom stereocenters. The molecule has 4 heteroatoms. The maximum absolute atomic E-state index is 6.47. The van der Waals surface area contributed by atoms with Crippen molar-refractivity contribution in [2.24, 2.45) is 0 Å². The van der Waals surface area contributed by atoms with E-state index < -0.39 is 0 Å². The molecule has 0 spiro atoms. The molecule has 1 aliphatic rings. The largest absolute Gasteiger partial charge is 0.456 e. The number of rotatable bonds is 2. The molecule has 9 rings (SSSR count). The molecule has 0 N–H and O–H groups in total. The van der Waals surface area contributed by atoms with Crippen LogP contribution in [0.2, 0.25) is 0 Å². The summed E-state index contributed by atoms with van der Waals surface area (Å²) in [6.07, 6.45) is 0. The molecule has 43 heavy (non-hydrogen) atoms. The molecule has 3 heterocycles. The summed E-state index contributed by atoms with van der Waals surface area (Å²) in [6, 6.07) is 44.6. The highest BCUT2D eigenvalue weighted by Gasteiger charge is 2.37. The number of nitrogens with zero attached hydrogens (tertiary/aromatic N) is 3. The molecule has 0 atom stereocenters. The topological polar surface area (TPSA) is 42.2 Å². The molecular weight excluding hydrogens is 526 g/mol. The summed E-state index contributed by atoms with van der Waals surface area (Å²) in [7, 11) is 0. The lowest BCUT2D eigenvalue weighted by atomic mass is 9.74. The van der Waals surface area contributed by atoms with Crippen molar-refractivity contribution in [3.63, 3.8) is 0 Å². The van der Waals surface area contributed by atoms with Gasteiger partial charge in [-0.3, -0.25) is 4.90 Å². The van der Waals surface area contributed by atoms with Crippen molar-refractivity contribution >= 4 is 60.9 Å². The minimum atomic E-state index is -0.169. The Labute approximate surface area is 248 Å². The van der Waals surface area contributed by atoms with Crippen LogP contribution in [0.25, 0.3) is 54.9 Å². The monoisotopic (exact) mass is 553 g/mol. The molecule has 6 aromatic carbocycles. The second kappa shape index (κ2) is 8.76. The summed E-state index contributed by atoms with van der Waals surface area (Å²) in [6.45, 7) is 4.59. The Bertz CT molecular complexity index is 2340. The van der Waals surface area contributed by atoms with Crippen LogP contribution in [0.5, 0.6) is 0 Å². The van der Waals surface area contributed by atoms with E-state index in [0.29, 0.717) is 5.95 Å². The molecule has 0 saturated heterocycles. The maximum atomic E-state index is 6.47. The Morgan fingerprint density at radius 3 is 1.93 bits per heavy atom. The average Bonchev–Trinajstić information content (AvgIpc) is 3.42. The number of hydrogen-bond acceptors (Lipinski definition) is 4. The van der Waals surface area contributed by atoms with Crippen LogP contribution in [-0.2, 0) is 5.41 Å². The Morgan fingerprint density at radius 1 is 0.581 bits per heavy atom. The van der Waals surface area contributed by atoms with Crippen molar-refractivity contribution in [3.8, 4) is 11.3 Å². The Kier molecular flexibility index (Phi) is 4.92. The molecule has 204 valence electrons. The van der Waals surface area contributed by atoms with Crippen LogP contribution < -0.4 is 4.90 Å². The Hall–Kier alpha value is -5.48. The van der Waals surface area contributed by atoms with Crippen molar-refractivity contribution in [1.29, 1.82) is 0 Å². The van der Waals surface area contributed by atoms with Crippen LogP contribution in [-0.4, -0.2) is 9.97 Å². The van der Waals surface area contributed by atoms with Crippen molar-refractivity contribution < 1.29 is 4.42 Å².